The second-order valence-electron chi connectivity index (χ2n) is 10.8. The highest BCUT2D eigenvalue weighted by Crippen LogP contribution is 2.33. The Bertz CT molecular complexity index is 1980. The largest absolute Gasteiger partial charge is 0.433 e. The van der Waals surface area contributed by atoms with Crippen LogP contribution in [0.2, 0.25) is 0 Å². The Morgan fingerprint density at radius 3 is 2.35 bits per heavy atom. The molecule has 13 heteroatoms. The lowest BCUT2D eigenvalue weighted by Crippen LogP contribution is -2.40. The lowest BCUT2D eigenvalue weighted by Gasteiger charge is -2.18. The number of imide groups is 1. The number of halogens is 2. The molecule has 1 aliphatic rings. The number of nitrogens with two attached hydrogens (primary N) is 1. The highest BCUT2D eigenvalue weighted by atomic mass is 19.1. The van der Waals surface area contributed by atoms with Gasteiger partial charge in [0.05, 0.1) is 35.0 Å². The van der Waals surface area contributed by atoms with Gasteiger partial charge in [0.2, 0.25) is 17.4 Å². The van der Waals surface area contributed by atoms with Gasteiger partial charge in [0.25, 0.3) is 5.91 Å². The van der Waals surface area contributed by atoms with Crippen LogP contribution >= 0.6 is 0 Å². The number of ether oxygens (including phenoxy) is 1. The molecule has 11 nitrogen and oxygen atoms in total. The normalized spacial score (nSPS) is 14.4. The lowest BCUT2D eigenvalue weighted by atomic mass is 10.1. The van der Waals surface area contributed by atoms with E-state index in [2.05, 4.69) is 20.4 Å². The predicted molar refractivity (Wildman–Crippen MR) is 154 cm³/mol. The molecule has 0 aliphatic carbocycles. The molecule has 1 fully saturated rings. The van der Waals surface area contributed by atoms with E-state index in [0.717, 1.165) is 17.0 Å². The highest BCUT2D eigenvalue weighted by molar-refractivity contribution is 6.24. The van der Waals surface area contributed by atoms with Crippen LogP contribution in [0.4, 0.5) is 25.1 Å². The van der Waals surface area contributed by atoms with E-state index < -0.39 is 34.7 Å². The average Bonchev–Trinajstić information content (AvgIpc) is 3.58. The quantitative estimate of drug-likeness (QED) is 0.186. The number of nitrogens with one attached hydrogen (secondary N) is 2. The molecule has 6 rings (SSSR count). The fourth-order valence-electron chi connectivity index (χ4n) is 4.97. The van der Waals surface area contributed by atoms with Crippen LogP contribution in [-0.4, -0.2) is 43.0 Å². The van der Waals surface area contributed by atoms with Crippen LogP contribution in [0.25, 0.3) is 16.6 Å². The maximum Gasteiger partial charge on any atom is 0.329 e. The number of fused-ring (bicyclic) bond motifs is 1. The van der Waals surface area contributed by atoms with Gasteiger partial charge in [-0.05, 0) is 69.2 Å². The van der Waals surface area contributed by atoms with Gasteiger partial charge in [0.1, 0.15) is 11.4 Å². The smallest absolute Gasteiger partial charge is 0.329 e. The number of para-hydroxylation sites is 1. The summed E-state index contributed by atoms with van der Waals surface area (Å²) in [6.07, 6.45) is 2.69. The fraction of sp³-hybridized carbons (Fsp3) is 0.167. The van der Waals surface area contributed by atoms with Gasteiger partial charge in [0.15, 0.2) is 11.6 Å². The second-order valence-corrected chi connectivity index (χ2v) is 10.8. The van der Waals surface area contributed by atoms with E-state index in [0.29, 0.717) is 33.4 Å². The molecule has 3 amide bonds. The Kier molecular flexibility index (Phi) is 6.26. The molecule has 1 aliphatic heterocycles. The second kappa shape index (κ2) is 9.76. The van der Waals surface area contributed by atoms with Gasteiger partial charge in [-0.3, -0.25) is 9.59 Å². The van der Waals surface area contributed by atoms with Crippen molar-refractivity contribution in [1.82, 2.24) is 25.1 Å². The van der Waals surface area contributed by atoms with Crippen LogP contribution in [0.5, 0.6) is 11.6 Å². The van der Waals surface area contributed by atoms with Crippen molar-refractivity contribution in [3.8, 4) is 17.3 Å². The van der Waals surface area contributed by atoms with Gasteiger partial charge in [-0.1, -0.05) is 6.07 Å². The number of rotatable bonds is 6. The number of aryl methyl sites for hydroxylation is 2. The number of amides is 3. The fourth-order valence-corrected chi connectivity index (χ4v) is 4.97. The molecule has 43 heavy (non-hydrogen) atoms. The monoisotopic (exact) mass is 585 g/mol. The minimum Gasteiger partial charge on any atom is -0.433 e. The van der Waals surface area contributed by atoms with Gasteiger partial charge < -0.3 is 20.8 Å². The number of nitrogen functional groups attached to an aromatic ring is 1. The SMILES string of the molecule is Cc1cc2cc(C(=O)c3cnn(-c4cnc(Oc5c(F)cccc5F)cc4C)c3N)[nH]c2cc1N1C(=O)NC(C)(C)C1=O. The molecule has 1 saturated heterocycles. The number of H-pyrrole nitrogens is 1. The van der Waals surface area contributed by atoms with E-state index in [-0.39, 0.29) is 28.9 Å². The summed E-state index contributed by atoms with van der Waals surface area (Å²) in [7, 11) is 0. The molecular weight excluding hydrogens is 560 g/mol. The van der Waals surface area contributed by atoms with Gasteiger partial charge in [-0.15, -0.1) is 0 Å². The van der Waals surface area contributed by atoms with Crippen LogP contribution in [0, 0.1) is 25.5 Å². The van der Waals surface area contributed by atoms with Crippen molar-refractivity contribution < 1.29 is 27.9 Å². The summed E-state index contributed by atoms with van der Waals surface area (Å²) in [6.45, 7) is 6.73. The summed E-state index contributed by atoms with van der Waals surface area (Å²) >= 11 is 0. The molecule has 218 valence electrons. The Balaban J connectivity index is 1.29. The van der Waals surface area contributed by atoms with E-state index in [9.17, 15) is 23.2 Å². The first-order valence-electron chi connectivity index (χ1n) is 13.1. The topological polar surface area (TPSA) is 148 Å². The third-order valence-electron chi connectivity index (χ3n) is 7.25. The molecule has 0 radical (unpaired) electrons. The van der Waals surface area contributed by atoms with E-state index in [4.69, 9.17) is 10.5 Å². The molecule has 3 aromatic heterocycles. The zero-order valence-corrected chi connectivity index (χ0v) is 23.5. The number of ketones is 1. The number of carbonyl (C=O) groups excluding carboxylic acids is 3. The number of urea groups is 1. The van der Waals surface area contributed by atoms with E-state index in [1.54, 1.807) is 45.9 Å². The van der Waals surface area contributed by atoms with E-state index in [1.807, 2.05) is 0 Å². The zero-order valence-electron chi connectivity index (χ0n) is 23.5. The van der Waals surface area contributed by atoms with Crippen molar-refractivity contribution in [2.45, 2.75) is 33.2 Å². The van der Waals surface area contributed by atoms with Gasteiger partial charge >= 0.3 is 6.03 Å². The molecule has 0 atom stereocenters. The molecule has 0 unspecified atom stereocenters. The molecule has 4 heterocycles. The molecule has 0 bridgehead atoms. The first-order valence-corrected chi connectivity index (χ1v) is 13.1. The number of anilines is 2. The van der Waals surface area contributed by atoms with Gasteiger partial charge in [-0.25, -0.2) is 28.1 Å². The maximum absolute atomic E-state index is 14.0. The lowest BCUT2D eigenvalue weighted by molar-refractivity contribution is -0.121. The highest BCUT2D eigenvalue weighted by Gasteiger charge is 2.45. The average molecular weight is 586 g/mol. The summed E-state index contributed by atoms with van der Waals surface area (Å²) in [5.41, 5.74) is 8.26. The van der Waals surface area contributed by atoms with Crippen LogP contribution in [0.3, 0.4) is 0 Å². The van der Waals surface area contributed by atoms with Crippen LogP contribution < -0.4 is 20.7 Å². The number of pyridine rings is 1. The number of nitrogens with zero attached hydrogens (tertiary/aromatic N) is 4. The summed E-state index contributed by atoms with van der Waals surface area (Å²) in [4.78, 5) is 47.2. The van der Waals surface area contributed by atoms with Gasteiger partial charge in [-0.2, -0.15) is 5.10 Å². The molecule has 5 aromatic rings. The number of hydrogen-bond acceptors (Lipinski definition) is 7. The van der Waals surface area contributed by atoms with Gasteiger partial charge in [0, 0.05) is 17.0 Å². The number of carbonyl (C=O) groups is 3. The molecule has 0 saturated carbocycles. The Labute approximate surface area is 243 Å². The third-order valence-corrected chi connectivity index (χ3v) is 7.25. The first-order chi connectivity index (χ1) is 20.4. The van der Waals surface area contributed by atoms with Crippen molar-refractivity contribution in [3.05, 3.63) is 88.9 Å². The number of aromatic nitrogens is 4. The molecule has 4 N–H and O–H groups in total. The molecule has 0 spiro atoms. The Hall–Kier alpha value is -5.59. The Morgan fingerprint density at radius 2 is 1.70 bits per heavy atom. The molecular formula is C30H25F2N7O4. The van der Waals surface area contributed by atoms with Crippen LogP contribution in [0.15, 0.2) is 54.9 Å². The summed E-state index contributed by atoms with van der Waals surface area (Å²) in [5, 5.41) is 7.63. The van der Waals surface area contributed by atoms with Crippen molar-refractivity contribution in [2.75, 3.05) is 10.6 Å². The van der Waals surface area contributed by atoms with E-state index in [1.165, 1.54) is 29.2 Å². The number of hydrogen-bond donors (Lipinski definition) is 3. The van der Waals surface area contributed by atoms with E-state index >= 15 is 0 Å². The summed E-state index contributed by atoms with van der Waals surface area (Å²) < 4.78 is 34.6. The minimum atomic E-state index is -1.04. The first kappa shape index (κ1) is 27.6. The van der Waals surface area contributed by atoms with Crippen molar-refractivity contribution in [1.29, 1.82) is 0 Å². The van der Waals surface area contributed by atoms with Crippen LogP contribution in [-0.2, 0) is 4.79 Å². The number of benzene rings is 2. The Morgan fingerprint density at radius 1 is 1.00 bits per heavy atom. The predicted octanol–water partition coefficient (Wildman–Crippen LogP) is 5.08. The summed E-state index contributed by atoms with van der Waals surface area (Å²) in [6, 6.07) is 9.40. The van der Waals surface area contributed by atoms with Crippen molar-refractivity contribution >= 4 is 40.1 Å². The minimum absolute atomic E-state index is 0.0424. The number of aromatic amines is 1. The standard InChI is InChI=1S/C30H25F2N7O4/c1-14-8-16-10-21(36-20(16)11-22(14)38-28(41)30(3,4)37-29(38)42)25(40)17-12-35-39(27(17)33)23-13-34-24(9-15(23)2)43-26-18(31)6-5-7-19(26)32/h5-13,36H,33H2,1-4H3,(H,37,42). The zero-order chi connectivity index (χ0) is 30.8. The summed E-state index contributed by atoms with van der Waals surface area (Å²) in [5.74, 6) is -3.13. The third kappa shape index (κ3) is 4.54. The van der Waals surface area contributed by atoms with Crippen molar-refractivity contribution in [3.63, 3.8) is 0 Å². The van der Waals surface area contributed by atoms with Crippen LogP contribution in [0.1, 0.15) is 41.0 Å². The maximum atomic E-state index is 14.0. The van der Waals surface area contributed by atoms with Crippen molar-refractivity contribution in [2.24, 2.45) is 0 Å². The molecule has 2 aromatic carbocycles.